The molecule has 198 valence electrons. The number of hydrogen-bond donors (Lipinski definition) is 3. The summed E-state index contributed by atoms with van der Waals surface area (Å²) in [6.07, 6.45) is -0.733. The van der Waals surface area contributed by atoms with E-state index in [1.807, 2.05) is 34.6 Å². The third-order valence-corrected chi connectivity index (χ3v) is 6.74. The number of rotatable bonds is 8. The fourth-order valence-electron chi connectivity index (χ4n) is 4.83. The second kappa shape index (κ2) is 9.75. The zero-order valence-corrected chi connectivity index (χ0v) is 22.2. The molecule has 0 aromatic carbocycles. The number of primary amides is 1. The number of nitrogens with one attached hydrogen (secondary N) is 2. The number of nitrogens with zero attached hydrogens (tertiary/aromatic N) is 1. The molecule has 1 aliphatic heterocycles. The van der Waals surface area contributed by atoms with Crippen molar-refractivity contribution >= 4 is 29.6 Å². The van der Waals surface area contributed by atoms with Crippen molar-refractivity contribution in [3.8, 4) is 0 Å². The summed E-state index contributed by atoms with van der Waals surface area (Å²) in [6.45, 7) is 14.7. The molecular weight excluding hydrogens is 456 g/mol. The van der Waals surface area contributed by atoms with Gasteiger partial charge in [0.05, 0.1) is 6.61 Å². The van der Waals surface area contributed by atoms with Crippen molar-refractivity contribution in [1.82, 2.24) is 15.5 Å². The number of fused-ring (bicyclic) bond motifs is 1. The Morgan fingerprint density at radius 2 is 1.63 bits per heavy atom. The molecule has 0 spiro atoms. The van der Waals surface area contributed by atoms with E-state index in [1.54, 1.807) is 20.8 Å². The van der Waals surface area contributed by atoms with E-state index in [4.69, 9.17) is 15.2 Å². The van der Waals surface area contributed by atoms with E-state index < -0.39 is 58.7 Å². The molecule has 11 heteroatoms. The van der Waals surface area contributed by atoms with Gasteiger partial charge in [0, 0.05) is 13.7 Å². The van der Waals surface area contributed by atoms with E-state index in [0.717, 1.165) is 0 Å². The fraction of sp³-hybridized carbons (Fsp3) is 0.792. The summed E-state index contributed by atoms with van der Waals surface area (Å²) in [5.74, 6) is -3.22. The van der Waals surface area contributed by atoms with Gasteiger partial charge in [-0.15, -0.1) is 0 Å². The van der Waals surface area contributed by atoms with Crippen LogP contribution in [0.3, 0.4) is 0 Å². The summed E-state index contributed by atoms with van der Waals surface area (Å²) in [5, 5.41) is 5.22. The first-order valence-corrected chi connectivity index (χ1v) is 11.8. The van der Waals surface area contributed by atoms with Crippen LogP contribution in [-0.2, 0) is 28.7 Å². The topological polar surface area (TPSA) is 157 Å². The summed E-state index contributed by atoms with van der Waals surface area (Å²) in [7, 11) is 1.33. The number of methoxy groups -OCH3 is 1. The highest BCUT2D eigenvalue weighted by atomic mass is 16.6. The first-order chi connectivity index (χ1) is 15.8. The number of carbonyl (C=O) groups is 5. The Hall–Kier alpha value is -2.69. The van der Waals surface area contributed by atoms with Crippen molar-refractivity contribution < 1.29 is 33.4 Å². The zero-order chi connectivity index (χ0) is 27.1. The van der Waals surface area contributed by atoms with Gasteiger partial charge in [-0.05, 0) is 43.4 Å². The molecule has 5 atom stereocenters. The average Bonchev–Trinajstić information content (AvgIpc) is 3.03. The summed E-state index contributed by atoms with van der Waals surface area (Å²) in [4.78, 5) is 64.7. The smallest absolute Gasteiger partial charge is 0.408 e. The predicted octanol–water partition coefficient (Wildman–Crippen LogP) is 0.594. The molecule has 1 unspecified atom stereocenters. The molecule has 11 nitrogen and oxygen atoms in total. The van der Waals surface area contributed by atoms with Gasteiger partial charge in [-0.3, -0.25) is 19.2 Å². The molecule has 0 aromatic heterocycles. The Kier molecular flexibility index (Phi) is 7.95. The number of piperidine rings is 1. The van der Waals surface area contributed by atoms with Gasteiger partial charge >= 0.3 is 6.09 Å². The number of alkyl carbamates (subject to hydrolysis) is 1. The first-order valence-electron chi connectivity index (χ1n) is 11.8. The Morgan fingerprint density at radius 3 is 2.09 bits per heavy atom. The normalized spacial score (nSPS) is 24.6. The van der Waals surface area contributed by atoms with Crippen LogP contribution >= 0.6 is 0 Å². The highest BCUT2D eigenvalue weighted by Crippen LogP contribution is 2.65. The lowest BCUT2D eigenvalue weighted by Crippen LogP contribution is -2.61. The standard InChI is InChI=1S/C24H40N4O7/c1-22(2,3)17(27-21(33)35-23(4,5)6)20(32)28-10-12-14(24(12,7)8)15(28)19(31)26-13(11-34-9)16(29)18(25)30/h12-15,17H,10-11H2,1-9H3,(H2,25,30)(H,26,31)(H,27,33)/t12-,13?,14-,15-,17+/m0/s1. The quantitative estimate of drug-likeness (QED) is 0.415. The van der Waals surface area contributed by atoms with Crippen LogP contribution in [-0.4, -0.2) is 78.5 Å². The van der Waals surface area contributed by atoms with Gasteiger partial charge < -0.3 is 30.7 Å². The molecule has 2 rings (SSSR count). The van der Waals surface area contributed by atoms with E-state index in [1.165, 1.54) is 12.0 Å². The van der Waals surface area contributed by atoms with Gasteiger partial charge in [0.1, 0.15) is 23.7 Å². The van der Waals surface area contributed by atoms with Crippen LogP contribution < -0.4 is 16.4 Å². The summed E-state index contributed by atoms with van der Waals surface area (Å²) in [5.41, 5.74) is 3.50. The minimum absolute atomic E-state index is 0.0806. The van der Waals surface area contributed by atoms with Gasteiger partial charge in [-0.25, -0.2) is 4.79 Å². The summed E-state index contributed by atoms with van der Waals surface area (Å²) < 4.78 is 10.3. The number of carbonyl (C=O) groups excluding carboxylic acids is 5. The maximum atomic E-state index is 13.7. The molecule has 0 bridgehead atoms. The minimum Gasteiger partial charge on any atom is -0.444 e. The highest BCUT2D eigenvalue weighted by Gasteiger charge is 2.69. The summed E-state index contributed by atoms with van der Waals surface area (Å²) in [6, 6.07) is -3.11. The first kappa shape index (κ1) is 28.5. The van der Waals surface area contributed by atoms with E-state index in [0.29, 0.717) is 6.54 Å². The number of likely N-dealkylation sites (tertiary alicyclic amines) is 1. The van der Waals surface area contributed by atoms with Crippen LogP contribution in [0.15, 0.2) is 0 Å². The molecule has 35 heavy (non-hydrogen) atoms. The number of amides is 4. The largest absolute Gasteiger partial charge is 0.444 e. The third kappa shape index (κ3) is 6.31. The van der Waals surface area contributed by atoms with Crippen LogP contribution in [0.1, 0.15) is 55.4 Å². The third-order valence-electron chi connectivity index (χ3n) is 6.74. The van der Waals surface area contributed by atoms with E-state index >= 15 is 0 Å². The molecule has 2 fully saturated rings. The van der Waals surface area contributed by atoms with Gasteiger partial charge in [0.2, 0.25) is 17.6 Å². The molecular formula is C24H40N4O7. The van der Waals surface area contributed by atoms with Crippen molar-refractivity contribution in [2.24, 2.45) is 28.4 Å². The lowest BCUT2D eigenvalue weighted by Gasteiger charge is -2.38. The summed E-state index contributed by atoms with van der Waals surface area (Å²) >= 11 is 0. The Bertz CT molecular complexity index is 887. The van der Waals surface area contributed by atoms with Crippen molar-refractivity contribution in [2.45, 2.75) is 79.1 Å². The molecule has 0 aromatic rings. The number of nitrogens with two attached hydrogens (primary N) is 1. The average molecular weight is 497 g/mol. The fourth-order valence-corrected chi connectivity index (χ4v) is 4.83. The van der Waals surface area contributed by atoms with Crippen LogP contribution in [0.25, 0.3) is 0 Å². The molecule has 1 aliphatic carbocycles. The van der Waals surface area contributed by atoms with Crippen molar-refractivity contribution in [1.29, 1.82) is 0 Å². The lowest BCUT2D eigenvalue weighted by atomic mass is 9.85. The molecule has 4 amide bonds. The Balaban J connectivity index is 2.31. The molecule has 1 heterocycles. The second-order valence-corrected chi connectivity index (χ2v) is 12.1. The Morgan fingerprint density at radius 1 is 1.06 bits per heavy atom. The van der Waals surface area contributed by atoms with Crippen LogP contribution in [0, 0.1) is 22.7 Å². The predicted molar refractivity (Wildman–Crippen MR) is 127 cm³/mol. The number of ether oxygens (including phenoxy) is 2. The molecule has 0 radical (unpaired) electrons. The van der Waals surface area contributed by atoms with Crippen LogP contribution in [0.4, 0.5) is 4.79 Å². The van der Waals surface area contributed by atoms with Crippen molar-refractivity contribution in [2.75, 3.05) is 20.3 Å². The maximum Gasteiger partial charge on any atom is 0.408 e. The second-order valence-electron chi connectivity index (χ2n) is 12.1. The van der Waals surface area contributed by atoms with E-state index in [9.17, 15) is 24.0 Å². The van der Waals surface area contributed by atoms with Gasteiger partial charge in [-0.1, -0.05) is 34.6 Å². The van der Waals surface area contributed by atoms with Crippen molar-refractivity contribution in [3.63, 3.8) is 0 Å². The van der Waals surface area contributed by atoms with Gasteiger partial charge in [0.25, 0.3) is 5.91 Å². The molecule has 1 saturated carbocycles. The number of hydrogen-bond acceptors (Lipinski definition) is 7. The molecule has 2 aliphatic rings. The van der Waals surface area contributed by atoms with Gasteiger partial charge in [0.15, 0.2) is 0 Å². The zero-order valence-electron chi connectivity index (χ0n) is 22.2. The SMILES string of the molecule is COCC(NC(=O)[C@@H]1[C@@H]2[C@H](CN1C(=O)[C@@H](NC(=O)OC(C)(C)C)C(C)(C)C)C2(C)C)C(=O)C(N)=O. The van der Waals surface area contributed by atoms with Crippen molar-refractivity contribution in [3.05, 3.63) is 0 Å². The highest BCUT2D eigenvalue weighted by molar-refractivity contribution is 6.38. The lowest BCUT2D eigenvalue weighted by molar-refractivity contribution is -0.145. The van der Waals surface area contributed by atoms with Crippen LogP contribution in [0.2, 0.25) is 0 Å². The number of ketones is 1. The van der Waals surface area contributed by atoms with Crippen LogP contribution in [0.5, 0.6) is 0 Å². The number of Topliss-reactive ketones (excluding diaryl/α,β-unsaturated/α-hetero) is 1. The molecule has 4 N–H and O–H groups in total. The van der Waals surface area contributed by atoms with E-state index in [-0.39, 0.29) is 23.9 Å². The van der Waals surface area contributed by atoms with Gasteiger partial charge in [-0.2, -0.15) is 0 Å². The minimum atomic E-state index is -1.26. The Labute approximate surface area is 206 Å². The maximum absolute atomic E-state index is 13.7. The molecule has 1 saturated heterocycles. The van der Waals surface area contributed by atoms with E-state index in [2.05, 4.69) is 10.6 Å². The monoisotopic (exact) mass is 496 g/mol.